The third-order valence-corrected chi connectivity index (χ3v) is 3.39. The molecular weight excluding hydrogens is 232 g/mol. The van der Waals surface area contributed by atoms with E-state index in [1.807, 2.05) is 0 Å². The second-order valence-corrected chi connectivity index (χ2v) is 6.60. The smallest absolute Gasteiger partial charge is 0.159 e. The zero-order valence-corrected chi connectivity index (χ0v) is 11.2. The fraction of sp³-hybridized carbons (Fsp3) is 1.00. The first-order valence-electron chi connectivity index (χ1n) is 5.16. The van der Waals surface area contributed by atoms with Gasteiger partial charge >= 0.3 is 0 Å². The molecule has 0 saturated heterocycles. The van der Waals surface area contributed by atoms with E-state index >= 15 is 0 Å². The third-order valence-electron chi connectivity index (χ3n) is 2.36. The maximum absolute atomic E-state index is 10.9. The molecule has 1 N–H and O–H groups in total. The van der Waals surface area contributed by atoms with Crippen LogP contribution in [0.5, 0.6) is 0 Å². The molecule has 98 valence electrons. The van der Waals surface area contributed by atoms with Crippen LogP contribution in [-0.2, 0) is 19.3 Å². The molecule has 0 radical (unpaired) electrons. The second-order valence-electron chi connectivity index (χ2n) is 4.34. The van der Waals surface area contributed by atoms with Crippen molar-refractivity contribution in [2.75, 3.05) is 26.2 Å². The van der Waals surface area contributed by atoms with Crippen LogP contribution >= 0.6 is 0 Å². The number of hydrogen-bond donors (Lipinski definition) is 1. The highest BCUT2D eigenvalue weighted by Gasteiger charge is 2.25. The molecule has 1 atom stereocenters. The minimum Gasteiger partial charge on any atom is -0.390 e. The van der Waals surface area contributed by atoms with Gasteiger partial charge in [0, 0.05) is 32.6 Å². The van der Waals surface area contributed by atoms with Gasteiger partial charge in [0.15, 0.2) is 6.29 Å². The summed E-state index contributed by atoms with van der Waals surface area (Å²) >= 11 is 0. The van der Waals surface area contributed by atoms with Crippen molar-refractivity contribution in [3.63, 3.8) is 0 Å². The van der Waals surface area contributed by atoms with Gasteiger partial charge in [-0.3, -0.25) is 0 Å². The van der Waals surface area contributed by atoms with Crippen molar-refractivity contribution in [1.29, 1.82) is 0 Å². The molecule has 0 aromatic heterocycles. The molecule has 0 rings (SSSR count). The van der Waals surface area contributed by atoms with E-state index in [9.17, 15) is 13.5 Å². The quantitative estimate of drug-likeness (QED) is 0.641. The largest absolute Gasteiger partial charge is 0.390 e. The molecule has 0 aromatic carbocycles. The molecule has 0 aliphatic carbocycles. The first-order valence-corrected chi connectivity index (χ1v) is 7.22. The highest BCUT2D eigenvalue weighted by Crippen LogP contribution is 2.20. The van der Waals surface area contributed by atoms with Crippen LogP contribution in [0.25, 0.3) is 0 Å². The summed E-state index contributed by atoms with van der Waals surface area (Å²) in [6.07, 6.45) is 1.89. The van der Waals surface area contributed by atoms with Gasteiger partial charge in [-0.1, -0.05) is 0 Å². The van der Waals surface area contributed by atoms with Crippen LogP contribution in [0, 0.1) is 0 Å². The van der Waals surface area contributed by atoms with E-state index in [2.05, 4.69) is 0 Å². The van der Waals surface area contributed by atoms with E-state index in [1.165, 1.54) is 20.5 Å². The minimum atomic E-state index is -2.96. The molecule has 16 heavy (non-hydrogen) atoms. The summed E-state index contributed by atoms with van der Waals surface area (Å²) in [6, 6.07) is 0. The lowest BCUT2D eigenvalue weighted by Gasteiger charge is -2.26. The molecule has 0 spiro atoms. The minimum absolute atomic E-state index is 0.0911. The van der Waals surface area contributed by atoms with Crippen molar-refractivity contribution in [2.45, 2.75) is 38.1 Å². The summed E-state index contributed by atoms with van der Waals surface area (Å²) in [7, 11) is 0.0417. The number of methoxy groups -OCH3 is 2. The molecule has 0 amide bonds. The SMILES string of the molecule is COC(CC(C)(O)CCCS(C)(=O)=O)OC. The Kier molecular flexibility index (Phi) is 6.47. The summed E-state index contributed by atoms with van der Waals surface area (Å²) in [4.78, 5) is 0. The highest BCUT2D eigenvalue weighted by atomic mass is 32.2. The number of aliphatic hydroxyl groups is 1. The topological polar surface area (TPSA) is 72.8 Å². The molecule has 6 heteroatoms. The lowest BCUT2D eigenvalue weighted by atomic mass is 9.96. The Balaban J connectivity index is 4.04. The predicted octanol–water partition coefficient (Wildman–Crippen LogP) is 0.571. The fourth-order valence-corrected chi connectivity index (χ4v) is 2.11. The van der Waals surface area contributed by atoms with Gasteiger partial charge in [-0.2, -0.15) is 0 Å². The van der Waals surface area contributed by atoms with E-state index in [-0.39, 0.29) is 5.75 Å². The van der Waals surface area contributed by atoms with Crippen LogP contribution in [0.4, 0.5) is 0 Å². The van der Waals surface area contributed by atoms with Gasteiger partial charge in [-0.05, 0) is 19.8 Å². The third kappa shape index (κ3) is 8.04. The molecule has 0 aliphatic rings. The maximum Gasteiger partial charge on any atom is 0.159 e. The van der Waals surface area contributed by atoms with Crippen molar-refractivity contribution < 1.29 is 23.0 Å². The zero-order chi connectivity index (χ0) is 12.8. The number of rotatable bonds is 8. The number of ether oxygens (including phenoxy) is 2. The van der Waals surface area contributed by atoms with Crippen molar-refractivity contribution >= 4 is 9.84 Å². The van der Waals surface area contributed by atoms with E-state index < -0.39 is 21.7 Å². The summed E-state index contributed by atoms with van der Waals surface area (Å²) in [5, 5.41) is 9.99. The van der Waals surface area contributed by atoms with E-state index in [0.29, 0.717) is 19.3 Å². The number of hydrogen-bond acceptors (Lipinski definition) is 5. The van der Waals surface area contributed by atoms with Crippen LogP contribution < -0.4 is 0 Å². The van der Waals surface area contributed by atoms with E-state index in [4.69, 9.17) is 9.47 Å². The summed E-state index contributed by atoms with van der Waals surface area (Å²) < 4.78 is 31.8. The van der Waals surface area contributed by atoms with E-state index in [1.54, 1.807) is 6.92 Å². The molecule has 1 unspecified atom stereocenters. The molecule has 5 nitrogen and oxygen atoms in total. The lowest BCUT2D eigenvalue weighted by molar-refractivity contribution is -0.141. The average Bonchev–Trinajstić information content (AvgIpc) is 2.11. The van der Waals surface area contributed by atoms with Crippen molar-refractivity contribution in [3.05, 3.63) is 0 Å². The molecule has 0 saturated carbocycles. The first kappa shape index (κ1) is 15.8. The maximum atomic E-state index is 10.9. The van der Waals surface area contributed by atoms with Gasteiger partial charge in [0.1, 0.15) is 9.84 Å². The van der Waals surface area contributed by atoms with Crippen LogP contribution in [0.15, 0.2) is 0 Å². The Morgan fingerprint density at radius 1 is 1.31 bits per heavy atom. The van der Waals surface area contributed by atoms with Gasteiger partial charge in [-0.25, -0.2) is 8.42 Å². The van der Waals surface area contributed by atoms with Crippen LogP contribution in [0.3, 0.4) is 0 Å². The molecule has 0 aromatic rings. The Labute approximate surface area is 97.7 Å². The zero-order valence-electron chi connectivity index (χ0n) is 10.4. The molecule has 0 fully saturated rings. The molecule has 0 heterocycles. The predicted molar refractivity (Wildman–Crippen MR) is 62.0 cm³/mol. The highest BCUT2D eigenvalue weighted by molar-refractivity contribution is 7.90. The first-order chi connectivity index (χ1) is 7.20. The van der Waals surface area contributed by atoms with Gasteiger partial charge in [0.05, 0.1) is 5.60 Å². The Bertz CT molecular complexity index is 280. The van der Waals surface area contributed by atoms with Crippen LogP contribution in [-0.4, -0.2) is 51.6 Å². The van der Waals surface area contributed by atoms with Crippen molar-refractivity contribution in [2.24, 2.45) is 0 Å². The summed E-state index contributed by atoms with van der Waals surface area (Å²) in [5.74, 6) is 0.0911. The van der Waals surface area contributed by atoms with Gasteiger partial charge < -0.3 is 14.6 Å². The fourth-order valence-electron chi connectivity index (χ4n) is 1.44. The molecular formula is C10H22O5S. The van der Waals surface area contributed by atoms with E-state index in [0.717, 1.165) is 0 Å². The number of sulfone groups is 1. The average molecular weight is 254 g/mol. The van der Waals surface area contributed by atoms with Crippen LogP contribution in [0.1, 0.15) is 26.2 Å². The van der Waals surface area contributed by atoms with Gasteiger partial charge in [-0.15, -0.1) is 0 Å². The van der Waals surface area contributed by atoms with Crippen LogP contribution in [0.2, 0.25) is 0 Å². The van der Waals surface area contributed by atoms with Gasteiger partial charge in [0.25, 0.3) is 0 Å². The van der Waals surface area contributed by atoms with Gasteiger partial charge in [0.2, 0.25) is 0 Å². The monoisotopic (exact) mass is 254 g/mol. The lowest BCUT2D eigenvalue weighted by Crippen LogP contribution is -2.32. The Hall–Kier alpha value is -0.170. The normalized spacial score (nSPS) is 16.4. The Morgan fingerprint density at radius 2 is 1.81 bits per heavy atom. The summed E-state index contributed by atoms with van der Waals surface area (Å²) in [6.45, 7) is 1.65. The second kappa shape index (κ2) is 6.54. The van der Waals surface area contributed by atoms with Crippen molar-refractivity contribution in [1.82, 2.24) is 0 Å². The van der Waals surface area contributed by atoms with Crippen molar-refractivity contribution in [3.8, 4) is 0 Å². The standard InChI is InChI=1S/C10H22O5S/c1-10(11,8-9(14-2)15-3)6-5-7-16(4,12)13/h9,11H,5-8H2,1-4H3. The summed E-state index contributed by atoms with van der Waals surface area (Å²) in [5.41, 5.74) is -0.971. The molecule has 0 aliphatic heterocycles. The Morgan fingerprint density at radius 3 is 2.19 bits per heavy atom. The molecule has 0 bridgehead atoms.